The van der Waals surface area contributed by atoms with Gasteiger partial charge in [0.25, 0.3) is 0 Å². The van der Waals surface area contributed by atoms with Gasteiger partial charge < -0.3 is 9.80 Å². The zero-order valence-electron chi connectivity index (χ0n) is 44.0. The van der Waals surface area contributed by atoms with Gasteiger partial charge in [-0.3, -0.25) is 0 Å². The zero-order valence-corrected chi connectivity index (χ0v) is 36.0. The van der Waals surface area contributed by atoms with Gasteiger partial charge in [0.05, 0.1) is 11.4 Å². The Morgan fingerprint density at radius 2 is 0.545 bits per heavy atom. The maximum absolute atomic E-state index is 8.74. The van der Waals surface area contributed by atoms with Crippen LogP contribution in [0, 0.1) is 0 Å². The highest BCUT2D eigenvalue weighted by Crippen LogP contribution is 2.46. The third-order valence-electron chi connectivity index (χ3n) is 12.6. The second kappa shape index (κ2) is 17.1. The van der Waals surface area contributed by atoms with E-state index in [1.165, 1.54) is 0 Å². The van der Waals surface area contributed by atoms with Gasteiger partial charge in [0.1, 0.15) is 0 Å². The van der Waals surface area contributed by atoms with Crippen molar-refractivity contribution in [3.63, 3.8) is 0 Å². The minimum atomic E-state index is -2.16. The molecule has 66 heavy (non-hydrogen) atoms. The lowest BCUT2D eigenvalue weighted by Gasteiger charge is -2.31. The molecule has 0 aromatic heterocycles. The van der Waals surface area contributed by atoms with Crippen LogP contribution in [0.5, 0.6) is 0 Å². The van der Waals surface area contributed by atoms with Gasteiger partial charge in [-0.1, -0.05) is 170 Å². The van der Waals surface area contributed by atoms with Crippen molar-refractivity contribution in [3.8, 4) is 55.6 Å². The minimum absolute atomic E-state index is 0.338. The van der Waals surface area contributed by atoms with Crippen LogP contribution in [0.15, 0.2) is 243 Å². The molecule has 0 bridgehead atoms. The van der Waals surface area contributed by atoms with Crippen LogP contribution in [0.1, 0.15) is 33.2 Å². The maximum Gasteiger partial charge on any atom is 0.0540 e. The van der Waals surface area contributed by atoms with Crippen molar-refractivity contribution < 1.29 is 11.0 Å². The molecule has 314 valence electrons. The fourth-order valence-electron chi connectivity index (χ4n) is 9.15. The summed E-state index contributed by atoms with van der Waals surface area (Å²) in [6, 6.07) is 81.1. The summed E-state index contributed by atoms with van der Waals surface area (Å²) in [5.41, 5.74) is 16.4. The maximum atomic E-state index is 8.74. The van der Waals surface area contributed by atoms with Crippen molar-refractivity contribution in [3.05, 3.63) is 265 Å². The number of rotatable bonds is 11. The first-order valence-corrected chi connectivity index (χ1v) is 22.3. The van der Waals surface area contributed by atoms with Gasteiger partial charge in [-0.2, -0.15) is 0 Å². The molecular weight excluding hydrogens is 797 g/mol. The summed E-state index contributed by atoms with van der Waals surface area (Å²) >= 11 is 0. The van der Waals surface area contributed by atoms with E-state index in [0.717, 1.165) is 78.4 Å². The molecule has 0 fully saturated rings. The first kappa shape index (κ1) is 31.6. The Balaban J connectivity index is 0.959. The Bertz CT molecular complexity index is 3470. The van der Waals surface area contributed by atoms with Crippen LogP contribution in [0.2, 0.25) is 0 Å². The molecule has 0 heterocycles. The molecule has 10 aromatic carbocycles. The third kappa shape index (κ3) is 7.47. The van der Waals surface area contributed by atoms with Gasteiger partial charge in [0.15, 0.2) is 0 Å². The summed E-state index contributed by atoms with van der Waals surface area (Å²) in [6.45, 7) is 0. The van der Waals surface area contributed by atoms with E-state index in [9.17, 15) is 0 Å². The van der Waals surface area contributed by atoms with Gasteiger partial charge in [-0.15, -0.1) is 0 Å². The second-order valence-electron chi connectivity index (χ2n) is 16.7. The highest BCUT2D eigenvalue weighted by Gasteiger charge is 2.24. The second-order valence-corrected chi connectivity index (χ2v) is 16.7. The van der Waals surface area contributed by atoms with Crippen LogP contribution >= 0.6 is 0 Å². The molecule has 0 spiro atoms. The molecule has 0 aliphatic heterocycles. The van der Waals surface area contributed by atoms with E-state index in [1.54, 1.807) is 24.3 Å². The molecule has 0 radical (unpaired) electrons. The smallest absolute Gasteiger partial charge is 0.0540 e. The molecule has 2 heteroatoms. The van der Waals surface area contributed by atoms with Crippen LogP contribution in [0.4, 0.5) is 34.1 Å². The van der Waals surface area contributed by atoms with Gasteiger partial charge in [0.2, 0.25) is 0 Å². The lowest BCUT2D eigenvalue weighted by Crippen LogP contribution is -2.15. The number of hydrogen-bond acceptors (Lipinski definition) is 2. The number of nitrogens with zero attached hydrogens (tertiary/aromatic N) is 2. The minimum Gasteiger partial charge on any atom is -0.310 e. The van der Waals surface area contributed by atoms with Crippen molar-refractivity contribution in [2.75, 3.05) is 9.80 Å². The van der Waals surface area contributed by atoms with E-state index in [4.69, 9.17) is 11.0 Å². The SMILES string of the molecule is [2H]C1([2H])c2ccc(N(c3ccc(-c4ccc(N(c5ccc6c(c5)C([2H])([2H])C6([2H])[2H])c5ccc(-c6ccccc6)cc5-c5ccccc5)cc4)cc3)c3ccc(-c4ccccc4)cc3-c3ccccc3)cc2C1([2H])[2H]. The zero-order chi connectivity index (χ0) is 51.0. The van der Waals surface area contributed by atoms with Crippen LogP contribution in [0.3, 0.4) is 0 Å². The van der Waals surface area contributed by atoms with E-state index < -0.39 is 25.5 Å². The van der Waals surface area contributed by atoms with Crippen molar-refractivity contribution in [2.24, 2.45) is 0 Å². The van der Waals surface area contributed by atoms with Crippen LogP contribution in [-0.2, 0) is 25.5 Å². The quantitative estimate of drug-likeness (QED) is 0.128. The van der Waals surface area contributed by atoms with E-state index in [2.05, 4.69) is 143 Å². The lowest BCUT2D eigenvalue weighted by molar-refractivity contribution is 0.839. The predicted octanol–water partition coefficient (Wildman–Crippen LogP) is 17.2. The van der Waals surface area contributed by atoms with Gasteiger partial charge in [-0.05, 0) is 165 Å². The molecule has 0 saturated heterocycles. The number of hydrogen-bond donors (Lipinski definition) is 0. The van der Waals surface area contributed by atoms with Gasteiger partial charge in [0, 0.05) is 44.8 Å². The standard InChI is InChI=1S/C64H48N2/c1-5-13-45(14-6-1)55-31-39-63(61(43-55)51-17-9-3-10-18-51)65(59-37-29-49-21-23-53(49)41-59)57-33-25-47(26-34-57)48-27-35-58(36-28-48)66(60-38-30-50-22-24-54(50)42-60)64-40-32-56(46-15-7-2-8-16-46)44-62(64)52-19-11-4-12-20-52/h1-20,25-44H,21-24H2/i21D2,22D2,23D2,24D2. The molecule has 10 aromatic rings. The van der Waals surface area contributed by atoms with Crippen LogP contribution in [-0.4, -0.2) is 0 Å². The topological polar surface area (TPSA) is 6.48 Å². The predicted molar refractivity (Wildman–Crippen MR) is 278 cm³/mol. The first-order chi connectivity index (χ1) is 35.7. The van der Waals surface area contributed by atoms with Crippen molar-refractivity contribution in [2.45, 2.75) is 25.5 Å². The Labute approximate surface area is 399 Å². The summed E-state index contributed by atoms with van der Waals surface area (Å²) < 4.78 is 69.0. The molecule has 0 N–H and O–H groups in total. The monoisotopic (exact) mass is 852 g/mol. The van der Waals surface area contributed by atoms with Gasteiger partial charge >= 0.3 is 0 Å². The molecule has 2 aliphatic carbocycles. The Kier molecular flexibility index (Phi) is 8.17. The number of benzene rings is 10. The summed E-state index contributed by atoms with van der Waals surface area (Å²) in [7, 11) is 0. The average Bonchev–Trinajstić information content (AvgIpc) is 3.47. The van der Waals surface area contributed by atoms with E-state index in [-0.39, 0.29) is 0 Å². The van der Waals surface area contributed by atoms with Crippen molar-refractivity contribution >= 4 is 34.1 Å². The summed E-state index contributed by atoms with van der Waals surface area (Å²) in [6.07, 6.45) is -8.51. The molecule has 0 atom stereocenters. The first-order valence-electron chi connectivity index (χ1n) is 26.3. The normalized spacial score (nSPS) is 17.2. The van der Waals surface area contributed by atoms with Crippen molar-refractivity contribution in [1.29, 1.82) is 0 Å². The molecule has 12 rings (SSSR count). The summed E-state index contributed by atoms with van der Waals surface area (Å²) in [5.74, 6) is 0. The van der Waals surface area contributed by atoms with Crippen LogP contribution < -0.4 is 9.80 Å². The number of aryl methyl sites for hydroxylation is 4. The molecule has 2 aliphatic rings. The molecule has 0 amide bonds. The molecule has 0 unspecified atom stereocenters. The highest BCUT2D eigenvalue weighted by atomic mass is 15.2. The molecule has 2 nitrogen and oxygen atoms in total. The van der Waals surface area contributed by atoms with Crippen molar-refractivity contribution in [1.82, 2.24) is 0 Å². The van der Waals surface area contributed by atoms with E-state index >= 15 is 0 Å². The average molecular weight is 853 g/mol. The fourth-order valence-corrected chi connectivity index (χ4v) is 9.15. The van der Waals surface area contributed by atoms with Gasteiger partial charge in [-0.25, -0.2) is 0 Å². The third-order valence-corrected chi connectivity index (χ3v) is 12.6. The summed E-state index contributed by atoms with van der Waals surface area (Å²) in [5, 5.41) is 0. The lowest BCUT2D eigenvalue weighted by atomic mass is 9.88. The highest BCUT2D eigenvalue weighted by molar-refractivity contribution is 5.93. The number of fused-ring (bicyclic) bond motifs is 2. The largest absolute Gasteiger partial charge is 0.310 e. The molecular formula is C64H48N2. The summed E-state index contributed by atoms with van der Waals surface area (Å²) in [4.78, 5) is 4.25. The Hall–Kier alpha value is -8.20. The Morgan fingerprint density at radius 1 is 0.242 bits per heavy atom. The van der Waals surface area contributed by atoms with Crippen LogP contribution in [0.25, 0.3) is 55.6 Å². The fraction of sp³-hybridized carbons (Fsp3) is 0.0625. The van der Waals surface area contributed by atoms with E-state index in [1.807, 2.05) is 84.9 Å². The molecule has 0 saturated carbocycles. The van der Waals surface area contributed by atoms with E-state index in [0.29, 0.717) is 33.6 Å². The number of anilines is 6. The Morgan fingerprint density at radius 3 is 0.924 bits per heavy atom.